The van der Waals surface area contributed by atoms with Crippen LogP contribution in [0.15, 0.2) is 72.8 Å². The molecule has 176 valence electrons. The molecule has 0 unspecified atom stereocenters. The van der Waals surface area contributed by atoms with Crippen LogP contribution in [-0.4, -0.2) is 38.0 Å². The fourth-order valence-corrected chi connectivity index (χ4v) is 3.28. The molecule has 3 N–H and O–H groups in total. The van der Waals surface area contributed by atoms with Gasteiger partial charge in [0.15, 0.2) is 6.61 Å². The van der Waals surface area contributed by atoms with Crippen LogP contribution in [0.25, 0.3) is 0 Å². The van der Waals surface area contributed by atoms with Gasteiger partial charge in [-0.2, -0.15) is 0 Å². The van der Waals surface area contributed by atoms with E-state index in [0.29, 0.717) is 12.2 Å². The lowest BCUT2D eigenvalue weighted by Gasteiger charge is -2.12. The lowest BCUT2D eigenvalue weighted by atomic mass is 10.2. The molecular weight excluding hydrogens is 549 g/mol. The first-order chi connectivity index (χ1) is 16.4. The Hall–Kier alpha value is -3.60. The van der Waals surface area contributed by atoms with Crippen LogP contribution in [0, 0.1) is 3.57 Å². The number of carbonyl (C=O) groups is 3. The fraction of sp³-hybridized carbons (Fsp3) is 0.160. The number of hydrogen-bond donors (Lipinski definition) is 3. The van der Waals surface area contributed by atoms with Crippen molar-refractivity contribution in [2.45, 2.75) is 6.54 Å². The second-order valence-electron chi connectivity index (χ2n) is 7.15. The summed E-state index contributed by atoms with van der Waals surface area (Å²) in [5.41, 5.74) is 1.79. The number of benzene rings is 3. The smallest absolute Gasteiger partial charge is 0.262 e. The summed E-state index contributed by atoms with van der Waals surface area (Å²) >= 11 is 2.18. The maximum Gasteiger partial charge on any atom is 0.262 e. The lowest BCUT2D eigenvalue weighted by Crippen LogP contribution is -2.36. The number of hydrogen-bond acceptors (Lipinski definition) is 5. The summed E-state index contributed by atoms with van der Waals surface area (Å²) in [6.07, 6.45) is 0. The number of methoxy groups -OCH3 is 1. The summed E-state index contributed by atoms with van der Waals surface area (Å²) in [5, 5.41) is 8.05. The first-order valence-corrected chi connectivity index (χ1v) is 11.5. The standard InChI is InChI=1S/C25H24IN3O5/c1-33-20-12-6-17(7-13-20)14-27-23(30)15-28-25(32)21-4-2-3-5-22(21)34-16-24(31)29-19-10-8-18(26)9-11-19/h2-13H,14-16H2,1H3,(H,27,30)(H,28,32)(H,29,31). The summed E-state index contributed by atoms with van der Waals surface area (Å²) in [4.78, 5) is 36.9. The van der Waals surface area contributed by atoms with Crippen LogP contribution in [0.1, 0.15) is 15.9 Å². The first-order valence-electron chi connectivity index (χ1n) is 10.4. The molecule has 3 aromatic rings. The van der Waals surface area contributed by atoms with Crippen LogP contribution >= 0.6 is 22.6 Å². The van der Waals surface area contributed by atoms with Gasteiger partial charge >= 0.3 is 0 Å². The minimum absolute atomic E-state index is 0.198. The zero-order chi connectivity index (χ0) is 24.3. The molecule has 0 fully saturated rings. The number of halogens is 1. The van der Waals surface area contributed by atoms with Crippen molar-refractivity contribution in [1.29, 1.82) is 0 Å². The van der Waals surface area contributed by atoms with E-state index in [9.17, 15) is 14.4 Å². The largest absolute Gasteiger partial charge is 0.497 e. The van der Waals surface area contributed by atoms with E-state index in [-0.39, 0.29) is 36.3 Å². The van der Waals surface area contributed by atoms with Crippen LogP contribution in [0.2, 0.25) is 0 Å². The second-order valence-corrected chi connectivity index (χ2v) is 8.39. The van der Waals surface area contributed by atoms with Gasteiger partial charge in [-0.3, -0.25) is 14.4 Å². The molecule has 0 saturated carbocycles. The van der Waals surface area contributed by atoms with Gasteiger partial charge in [-0.15, -0.1) is 0 Å². The summed E-state index contributed by atoms with van der Waals surface area (Å²) in [5.74, 6) is -0.186. The Kier molecular flexibility index (Phi) is 9.27. The number of anilines is 1. The second kappa shape index (κ2) is 12.6. The molecule has 0 atom stereocenters. The lowest BCUT2D eigenvalue weighted by molar-refractivity contribution is -0.120. The Morgan fingerprint density at radius 3 is 2.26 bits per heavy atom. The number of carbonyl (C=O) groups excluding carboxylic acids is 3. The Balaban J connectivity index is 1.47. The van der Waals surface area contributed by atoms with Crippen molar-refractivity contribution in [1.82, 2.24) is 10.6 Å². The summed E-state index contributed by atoms with van der Waals surface area (Å²) in [6.45, 7) is -0.136. The number of para-hydroxylation sites is 1. The van der Waals surface area contributed by atoms with Crippen molar-refractivity contribution in [3.05, 3.63) is 87.5 Å². The molecule has 0 saturated heterocycles. The fourth-order valence-electron chi connectivity index (χ4n) is 2.92. The molecular formula is C25H24IN3O5. The van der Waals surface area contributed by atoms with Crippen LogP contribution in [-0.2, 0) is 16.1 Å². The van der Waals surface area contributed by atoms with E-state index in [0.717, 1.165) is 14.9 Å². The predicted octanol–water partition coefficient (Wildman–Crippen LogP) is 3.36. The van der Waals surface area contributed by atoms with Gasteiger partial charge in [0.2, 0.25) is 5.91 Å². The molecule has 3 amide bonds. The molecule has 0 heterocycles. The van der Waals surface area contributed by atoms with E-state index < -0.39 is 5.91 Å². The van der Waals surface area contributed by atoms with Crippen molar-refractivity contribution in [2.75, 3.05) is 25.6 Å². The van der Waals surface area contributed by atoms with Gasteiger partial charge in [0.05, 0.1) is 19.2 Å². The molecule has 3 rings (SSSR count). The predicted molar refractivity (Wildman–Crippen MR) is 137 cm³/mol. The molecule has 9 heteroatoms. The van der Waals surface area contributed by atoms with Crippen LogP contribution in [0.5, 0.6) is 11.5 Å². The van der Waals surface area contributed by atoms with Crippen LogP contribution in [0.4, 0.5) is 5.69 Å². The number of rotatable bonds is 10. The van der Waals surface area contributed by atoms with Gasteiger partial charge in [0.1, 0.15) is 11.5 Å². The highest BCUT2D eigenvalue weighted by atomic mass is 127. The van der Waals surface area contributed by atoms with E-state index in [1.165, 1.54) is 0 Å². The minimum Gasteiger partial charge on any atom is -0.497 e. The maximum atomic E-state index is 12.6. The third-order valence-corrected chi connectivity index (χ3v) is 5.40. The number of amides is 3. The number of nitrogens with one attached hydrogen (secondary N) is 3. The number of ether oxygens (including phenoxy) is 2. The molecule has 0 aromatic heterocycles. The molecule has 0 aliphatic carbocycles. The average Bonchev–Trinajstić information content (AvgIpc) is 2.86. The van der Waals surface area contributed by atoms with Crippen molar-refractivity contribution >= 4 is 46.0 Å². The zero-order valence-corrected chi connectivity index (χ0v) is 20.6. The highest BCUT2D eigenvalue weighted by molar-refractivity contribution is 14.1. The third-order valence-electron chi connectivity index (χ3n) is 4.68. The van der Waals surface area contributed by atoms with E-state index in [1.54, 1.807) is 55.6 Å². The molecule has 0 aliphatic rings. The summed E-state index contributed by atoms with van der Waals surface area (Å²) < 4.78 is 11.7. The van der Waals surface area contributed by atoms with Crippen molar-refractivity contribution in [2.24, 2.45) is 0 Å². The zero-order valence-electron chi connectivity index (χ0n) is 18.5. The van der Waals surface area contributed by atoms with Crippen molar-refractivity contribution < 1.29 is 23.9 Å². The maximum absolute atomic E-state index is 12.6. The molecule has 0 bridgehead atoms. The quantitative estimate of drug-likeness (QED) is 0.323. The third kappa shape index (κ3) is 7.77. The van der Waals surface area contributed by atoms with Gasteiger partial charge in [-0.05, 0) is 76.7 Å². The normalized spacial score (nSPS) is 10.2. The molecule has 8 nitrogen and oxygen atoms in total. The van der Waals surface area contributed by atoms with Gasteiger partial charge in [-0.25, -0.2) is 0 Å². The van der Waals surface area contributed by atoms with Gasteiger partial charge in [-0.1, -0.05) is 24.3 Å². The van der Waals surface area contributed by atoms with E-state index in [1.807, 2.05) is 24.3 Å². The monoisotopic (exact) mass is 573 g/mol. The van der Waals surface area contributed by atoms with Gasteiger partial charge in [0.25, 0.3) is 11.8 Å². The molecule has 34 heavy (non-hydrogen) atoms. The summed E-state index contributed by atoms with van der Waals surface area (Å²) in [7, 11) is 1.59. The van der Waals surface area contributed by atoms with Crippen LogP contribution < -0.4 is 25.4 Å². The molecule has 0 radical (unpaired) electrons. The summed E-state index contributed by atoms with van der Waals surface area (Å²) in [6, 6.07) is 21.2. The van der Waals surface area contributed by atoms with Gasteiger partial charge in [0, 0.05) is 15.8 Å². The topological polar surface area (TPSA) is 106 Å². The van der Waals surface area contributed by atoms with E-state index in [4.69, 9.17) is 9.47 Å². The first kappa shape index (κ1) is 25.0. The van der Waals surface area contributed by atoms with E-state index in [2.05, 4.69) is 38.5 Å². The molecule has 3 aromatic carbocycles. The minimum atomic E-state index is -0.478. The van der Waals surface area contributed by atoms with E-state index >= 15 is 0 Å². The highest BCUT2D eigenvalue weighted by Crippen LogP contribution is 2.18. The Morgan fingerprint density at radius 2 is 1.56 bits per heavy atom. The SMILES string of the molecule is COc1ccc(CNC(=O)CNC(=O)c2ccccc2OCC(=O)Nc2ccc(I)cc2)cc1. The average molecular weight is 573 g/mol. The van der Waals surface area contributed by atoms with Gasteiger partial charge < -0.3 is 25.4 Å². The van der Waals surface area contributed by atoms with Crippen molar-refractivity contribution in [3.8, 4) is 11.5 Å². The molecule has 0 aliphatic heterocycles. The Bertz CT molecular complexity index is 1130. The van der Waals surface area contributed by atoms with Crippen LogP contribution in [0.3, 0.4) is 0 Å². The van der Waals surface area contributed by atoms with Crippen molar-refractivity contribution in [3.63, 3.8) is 0 Å². The Labute approximate surface area is 211 Å². The Morgan fingerprint density at radius 1 is 0.853 bits per heavy atom. The molecule has 0 spiro atoms. The highest BCUT2D eigenvalue weighted by Gasteiger charge is 2.14.